The topological polar surface area (TPSA) is 76.3 Å². The van der Waals surface area contributed by atoms with Crippen molar-refractivity contribution in [1.82, 2.24) is 15.6 Å². The van der Waals surface area contributed by atoms with Crippen molar-refractivity contribution < 1.29 is 9.18 Å². The first-order valence-electron chi connectivity index (χ1n) is 12.7. The summed E-state index contributed by atoms with van der Waals surface area (Å²) in [5, 5.41) is 6.35. The fourth-order valence-electron chi connectivity index (χ4n) is 3.81. The molecule has 2 heterocycles. The van der Waals surface area contributed by atoms with Gasteiger partial charge in [0.2, 0.25) is 0 Å². The van der Waals surface area contributed by atoms with Gasteiger partial charge in [0.25, 0.3) is 5.91 Å². The molecule has 1 aromatic heterocycles. The number of nitrogens with zero attached hydrogens (tertiary/aromatic N) is 2. The number of allylic oxidation sites excluding steroid dienone is 5. The fraction of sp³-hybridized carbons (Fsp3) is 0.367. The van der Waals surface area contributed by atoms with Gasteiger partial charge < -0.3 is 10.6 Å². The van der Waals surface area contributed by atoms with E-state index < -0.39 is 0 Å². The maximum Gasteiger partial charge on any atom is 0.269 e. The molecule has 0 spiro atoms. The molecule has 0 aliphatic carbocycles. The highest BCUT2D eigenvalue weighted by Gasteiger charge is 2.26. The van der Waals surface area contributed by atoms with Crippen LogP contribution in [0.5, 0.6) is 0 Å². The van der Waals surface area contributed by atoms with Gasteiger partial charge in [-0.3, -0.25) is 9.78 Å². The van der Waals surface area contributed by atoms with Crippen LogP contribution >= 0.6 is 0 Å². The molecule has 1 amide bonds. The third kappa shape index (κ3) is 7.56. The molecule has 1 aliphatic rings. The Morgan fingerprint density at radius 1 is 1.25 bits per heavy atom. The number of nitrogens with one attached hydrogen (secondary N) is 2. The Hall–Kier alpha value is -3.38. The quantitative estimate of drug-likeness (QED) is 0.172. The van der Waals surface area contributed by atoms with Crippen molar-refractivity contribution in [2.24, 2.45) is 4.99 Å². The highest BCUT2D eigenvalue weighted by molar-refractivity contribution is 6.01. The summed E-state index contributed by atoms with van der Waals surface area (Å²) in [7, 11) is 0. The van der Waals surface area contributed by atoms with Crippen LogP contribution in [0, 0.1) is 12.7 Å². The van der Waals surface area contributed by atoms with Gasteiger partial charge in [-0.1, -0.05) is 37.6 Å². The number of carbonyl (C=O) groups is 1. The zero-order chi connectivity index (χ0) is 26.1. The molecule has 0 bridgehead atoms. The molecule has 5 nitrogen and oxygen atoms in total. The monoisotopic (exact) mass is 488 g/mol. The Kier molecular flexibility index (Phi) is 9.88. The Morgan fingerprint density at radius 2 is 1.97 bits per heavy atom. The third-order valence-corrected chi connectivity index (χ3v) is 6.29. The molecule has 1 saturated heterocycles. The lowest BCUT2D eigenvalue weighted by Crippen LogP contribution is -2.27. The van der Waals surface area contributed by atoms with E-state index in [1.165, 1.54) is 23.3 Å². The number of hydrogen-bond donors (Lipinski definition) is 2. The van der Waals surface area contributed by atoms with Crippen molar-refractivity contribution in [3.05, 3.63) is 88.5 Å². The van der Waals surface area contributed by atoms with Gasteiger partial charge >= 0.3 is 0 Å². The van der Waals surface area contributed by atoms with E-state index in [4.69, 9.17) is 4.98 Å². The smallest absolute Gasteiger partial charge is 0.269 e. The van der Waals surface area contributed by atoms with Crippen molar-refractivity contribution in [3.8, 4) is 11.3 Å². The lowest BCUT2D eigenvalue weighted by Gasteiger charge is -2.14. The molecule has 0 radical (unpaired) electrons. The highest BCUT2D eigenvalue weighted by atomic mass is 19.1. The minimum atomic E-state index is -0.268. The molecule has 6 heteroatoms. The Bertz CT molecular complexity index is 1190. The summed E-state index contributed by atoms with van der Waals surface area (Å²) >= 11 is 0. The average Bonchev–Trinajstić information content (AvgIpc) is 3.72. The minimum Gasteiger partial charge on any atom is -0.350 e. The fourth-order valence-corrected chi connectivity index (χ4v) is 3.81. The molecular weight excluding hydrogens is 451 g/mol. The van der Waals surface area contributed by atoms with Gasteiger partial charge in [-0.2, -0.15) is 0 Å². The van der Waals surface area contributed by atoms with Gasteiger partial charge in [-0.15, -0.1) is 0 Å². The molecule has 1 aromatic carbocycles. The predicted molar refractivity (Wildman–Crippen MR) is 146 cm³/mol. The molecule has 3 rings (SSSR count). The van der Waals surface area contributed by atoms with E-state index in [2.05, 4.69) is 48.5 Å². The second kappa shape index (κ2) is 13.1. The maximum absolute atomic E-state index is 13.5. The lowest BCUT2D eigenvalue weighted by atomic mass is 9.98. The van der Waals surface area contributed by atoms with Gasteiger partial charge in [0, 0.05) is 42.5 Å². The minimum absolute atomic E-state index is 0.202. The van der Waals surface area contributed by atoms with Crippen molar-refractivity contribution in [1.29, 1.82) is 0 Å². The van der Waals surface area contributed by atoms with Crippen LogP contribution in [0.25, 0.3) is 11.3 Å². The predicted octanol–water partition coefficient (Wildman–Crippen LogP) is 6.17. The van der Waals surface area contributed by atoms with E-state index in [9.17, 15) is 9.18 Å². The molecule has 1 atom stereocenters. The summed E-state index contributed by atoms with van der Waals surface area (Å²) in [5.41, 5.74) is 7.48. The summed E-state index contributed by atoms with van der Waals surface area (Å²) in [6, 6.07) is 8.86. The number of halogens is 1. The number of hydrogen-bond acceptors (Lipinski definition) is 4. The first-order valence-corrected chi connectivity index (χ1v) is 12.7. The van der Waals surface area contributed by atoms with E-state index >= 15 is 0 Å². The van der Waals surface area contributed by atoms with E-state index in [0.717, 1.165) is 47.6 Å². The SMILES string of the molecule is C\C=C(/N=C(/C=C\C=C(\C)CC)CC)C(=O)NCCc1cc(C2CN2)c(C)c(-c2ccc(F)cc2)n1. The van der Waals surface area contributed by atoms with Crippen LogP contribution in [0.3, 0.4) is 0 Å². The van der Waals surface area contributed by atoms with E-state index in [1.54, 1.807) is 18.2 Å². The number of carbonyl (C=O) groups excluding carboxylic acids is 1. The lowest BCUT2D eigenvalue weighted by molar-refractivity contribution is -0.117. The first-order chi connectivity index (χ1) is 17.4. The Balaban J connectivity index is 1.70. The van der Waals surface area contributed by atoms with Gasteiger partial charge in [0.1, 0.15) is 11.5 Å². The van der Waals surface area contributed by atoms with Gasteiger partial charge in [-0.05, 0) is 81.1 Å². The van der Waals surface area contributed by atoms with Crippen LogP contribution < -0.4 is 10.6 Å². The van der Waals surface area contributed by atoms with Gasteiger partial charge in [0.05, 0.1) is 5.69 Å². The first kappa shape index (κ1) is 27.2. The molecular formula is C30H37FN4O. The molecule has 1 unspecified atom stereocenters. The van der Waals surface area contributed by atoms with E-state index in [0.29, 0.717) is 24.7 Å². The number of aliphatic imine (C=N–C) groups is 1. The number of pyridine rings is 1. The number of amides is 1. The van der Waals surface area contributed by atoms with E-state index in [-0.39, 0.29) is 11.7 Å². The van der Waals surface area contributed by atoms with Crippen LogP contribution in [0.15, 0.2) is 70.9 Å². The van der Waals surface area contributed by atoms with Gasteiger partial charge in [-0.25, -0.2) is 9.38 Å². The van der Waals surface area contributed by atoms with Crippen LogP contribution in [-0.2, 0) is 11.2 Å². The van der Waals surface area contributed by atoms with Crippen molar-refractivity contribution in [2.45, 2.75) is 59.9 Å². The summed E-state index contributed by atoms with van der Waals surface area (Å²) in [6.07, 6.45) is 10.1. The normalized spacial score (nSPS) is 16.5. The molecule has 1 aliphatic heterocycles. The molecule has 0 saturated carbocycles. The van der Waals surface area contributed by atoms with Crippen LogP contribution in [0.2, 0.25) is 0 Å². The zero-order valence-corrected chi connectivity index (χ0v) is 22.0. The number of rotatable bonds is 11. The van der Waals surface area contributed by atoms with Crippen molar-refractivity contribution in [3.63, 3.8) is 0 Å². The Morgan fingerprint density at radius 3 is 2.58 bits per heavy atom. The summed E-state index contributed by atoms with van der Waals surface area (Å²) in [6.45, 7) is 11.5. The zero-order valence-electron chi connectivity index (χ0n) is 22.0. The van der Waals surface area contributed by atoms with Crippen LogP contribution in [-0.4, -0.2) is 29.7 Å². The third-order valence-electron chi connectivity index (χ3n) is 6.29. The number of benzene rings is 1. The summed E-state index contributed by atoms with van der Waals surface area (Å²) in [4.78, 5) is 22.3. The Labute approximate surface area is 214 Å². The molecule has 2 aromatic rings. The molecule has 2 N–H and O–H groups in total. The van der Waals surface area contributed by atoms with Crippen molar-refractivity contribution in [2.75, 3.05) is 13.1 Å². The summed E-state index contributed by atoms with van der Waals surface area (Å²) in [5.74, 6) is -0.469. The standard InChI is InChI=1S/C30H37FN4O/c1-6-20(4)10-9-11-24(7-2)34-27(8-3)30(36)32-17-16-25-18-26(28-19-33-28)21(5)29(35-25)22-12-14-23(31)15-13-22/h8-15,18,28,33H,6-7,16-17,19H2,1-5H3,(H,32,36)/b11-9-,20-10-,27-8-,34-24+. The average molecular weight is 489 g/mol. The number of aromatic nitrogens is 1. The second-order valence-corrected chi connectivity index (χ2v) is 9.01. The van der Waals surface area contributed by atoms with Crippen molar-refractivity contribution >= 4 is 11.6 Å². The van der Waals surface area contributed by atoms with Crippen LogP contribution in [0.4, 0.5) is 4.39 Å². The van der Waals surface area contributed by atoms with Gasteiger partial charge in [0.15, 0.2) is 0 Å². The largest absolute Gasteiger partial charge is 0.350 e. The molecule has 1 fully saturated rings. The second-order valence-electron chi connectivity index (χ2n) is 9.01. The molecule has 190 valence electrons. The maximum atomic E-state index is 13.5. The summed E-state index contributed by atoms with van der Waals surface area (Å²) < 4.78 is 13.5. The molecule has 36 heavy (non-hydrogen) atoms. The van der Waals surface area contributed by atoms with E-state index in [1.807, 2.05) is 26.0 Å². The highest BCUT2D eigenvalue weighted by Crippen LogP contribution is 2.32. The van der Waals surface area contributed by atoms with Crippen LogP contribution in [0.1, 0.15) is 63.4 Å².